The molecule has 2 aliphatic rings. The minimum Gasteiger partial charge on any atom is -0.336 e. The number of nitrogens with zero attached hydrogens (tertiary/aromatic N) is 3. The second-order valence-electron chi connectivity index (χ2n) is 6.49. The maximum atomic E-state index is 12.6. The predicted octanol–water partition coefficient (Wildman–Crippen LogP) is 3.74. The fourth-order valence-electron chi connectivity index (χ4n) is 3.07. The van der Waals surface area contributed by atoms with Gasteiger partial charge in [0.1, 0.15) is 5.01 Å². The van der Waals surface area contributed by atoms with Gasteiger partial charge in [0.15, 0.2) is 0 Å². The van der Waals surface area contributed by atoms with Crippen LogP contribution in [0.3, 0.4) is 0 Å². The molecule has 6 heteroatoms. The molecule has 0 unspecified atom stereocenters. The van der Waals surface area contributed by atoms with Gasteiger partial charge in [-0.15, -0.1) is 11.3 Å². The summed E-state index contributed by atoms with van der Waals surface area (Å²) in [4.78, 5) is 21.8. The number of benzene rings is 1. The topological polar surface area (TPSA) is 36.4 Å². The van der Waals surface area contributed by atoms with E-state index < -0.39 is 0 Å². The molecule has 2 aromatic rings. The fraction of sp³-hybridized carbons (Fsp3) is 0.444. The van der Waals surface area contributed by atoms with E-state index in [1.165, 1.54) is 23.5 Å². The van der Waals surface area contributed by atoms with Gasteiger partial charge < -0.3 is 4.90 Å². The first-order valence-corrected chi connectivity index (χ1v) is 10.1. The number of carbonyl (C=O) groups excluding carboxylic acids is 1. The highest BCUT2D eigenvalue weighted by Crippen LogP contribution is 2.40. The summed E-state index contributed by atoms with van der Waals surface area (Å²) in [5, 5.41) is 3.43. The second kappa shape index (κ2) is 6.94. The van der Waals surface area contributed by atoms with E-state index >= 15 is 0 Å². The van der Waals surface area contributed by atoms with Crippen LogP contribution in [0.25, 0.3) is 0 Å². The highest BCUT2D eigenvalue weighted by molar-refractivity contribution is 9.10. The van der Waals surface area contributed by atoms with Crippen LogP contribution in [-0.2, 0) is 6.54 Å². The molecule has 4 rings (SSSR count). The van der Waals surface area contributed by atoms with Crippen molar-refractivity contribution >= 4 is 33.2 Å². The molecule has 0 radical (unpaired) electrons. The summed E-state index contributed by atoms with van der Waals surface area (Å²) in [6, 6.07) is 7.65. The lowest BCUT2D eigenvalue weighted by atomic mass is 10.2. The lowest BCUT2D eigenvalue weighted by Crippen LogP contribution is -2.48. The molecule has 24 heavy (non-hydrogen) atoms. The van der Waals surface area contributed by atoms with E-state index in [-0.39, 0.29) is 5.91 Å². The van der Waals surface area contributed by atoms with E-state index in [2.05, 4.69) is 26.2 Å². The highest BCUT2D eigenvalue weighted by Gasteiger charge is 2.27. The van der Waals surface area contributed by atoms with E-state index in [9.17, 15) is 4.79 Å². The molecule has 1 aromatic heterocycles. The van der Waals surface area contributed by atoms with Crippen LogP contribution in [0.4, 0.5) is 0 Å². The van der Waals surface area contributed by atoms with Gasteiger partial charge in [0, 0.05) is 41.9 Å². The Morgan fingerprint density at radius 3 is 2.67 bits per heavy atom. The summed E-state index contributed by atoms with van der Waals surface area (Å²) in [5.74, 6) is 0.848. The van der Waals surface area contributed by atoms with E-state index in [1.54, 1.807) is 11.3 Å². The summed E-state index contributed by atoms with van der Waals surface area (Å²) in [5.41, 5.74) is 2.04. The molecule has 126 valence electrons. The monoisotopic (exact) mass is 405 g/mol. The third-order valence-electron chi connectivity index (χ3n) is 4.69. The third-order valence-corrected chi connectivity index (χ3v) is 6.23. The second-order valence-corrected chi connectivity index (χ2v) is 8.29. The SMILES string of the molecule is O=C(c1ccccc1Br)N1CCN(Cc2nc(C3CC3)cs2)CC1. The normalized spacial score (nSPS) is 18.8. The number of hydrogen-bond donors (Lipinski definition) is 0. The fourth-order valence-corrected chi connectivity index (χ4v) is 4.44. The number of piperazine rings is 1. The van der Waals surface area contributed by atoms with Gasteiger partial charge in [-0.25, -0.2) is 4.98 Å². The zero-order valence-electron chi connectivity index (χ0n) is 13.4. The first-order chi connectivity index (χ1) is 11.7. The van der Waals surface area contributed by atoms with E-state index in [4.69, 9.17) is 4.98 Å². The Morgan fingerprint density at radius 2 is 1.96 bits per heavy atom. The van der Waals surface area contributed by atoms with Crippen LogP contribution in [0.15, 0.2) is 34.1 Å². The number of amides is 1. The van der Waals surface area contributed by atoms with Crippen LogP contribution in [-0.4, -0.2) is 46.9 Å². The number of halogens is 1. The molecule has 1 aliphatic heterocycles. The Kier molecular flexibility index (Phi) is 4.70. The zero-order valence-corrected chi connectivity index (χ0v) is 15.9. The van der Waals surface area contributed by atoms with Crippen molar-refractivity contribution in [3.63, 3.8) is 0 Å². The summed E-state index contributed by atoms with van der Waals surface area (Å²) in [6.07, 6.45) is 2.61. The lowest BCUT2D eigenvalue weighted by Gasteiger charge is -2.34. The van der Waals surface area contributed by atoms with E-state index in [0.29, 0.717) is 0 Å². The van der Waals surface area contributed by atoms with Crippen LogP contribution in [0.5, 0.6) is 0 Å². The summed E-state index contributed by atoms with van der Waals surface area (Å²) >= 11 is 5.25. The summed E-state index contributed by atoms with van der Waals surface area (Å²) in [7, 11) is 0. The molecule has 1 aromatic carbocycles. The molecule has 0 bridgehead atoms. The molecule has 2 heterocycles. The average Bonchev–Trinajstić information content (AvgIpc) is 3.35. The number of aromatic nitrogens is 1. The van der Waals surface area contributed by atoms with Crippen LogP contribution in [0.1, 0.15) is 39.8 Å². The smallest absolute Gasteiger partial charge is 0.255 e. The number of rotatable bonds is 4. The number of carbonyl (C=O) groups is 1. The molecule has 1 saturated heterocycles. The van der Waals surface area contributed by atoms with Crippen molar-refractivity contribution in [2.45, 2.75) is 25.3 Å². The molecule has 0 spiro atoms. The quantitative estimate of drug-likeness (QED) is 0.776. The molecule has 1 amide bonds. The van der Waals surface area contributed by atoms with Gasteiger partial charge >= 0.3 is 0 Å². The van der Waals surface area contributed by atoms with Crippen molar-refractivity contribution in [3.8, 4) is 0 Å². The minimum absolute atomic E-state index is 0.118. The van der Waals surface area contributed by atoms with Crippen LogP contribution in [0.2, 0.25) is 0 Å². The van der Waals surface area contributed by atoms with Gasteiger partial charge in [0.05, 0.1) is 17.8 Å². The van der Waals surface area contributed by atoms with Crippen LogP contribution in [0, 0.1) is 0 Å². The molecular formula is C18H20BrN3OS. The predicted molar refractivity (Wildman–Crippen MR) is 99.4 cm³/mol. The summed E-state index contributed by atoms with van der Waals surface area (Å²) < 4.78 is 0.868. The number of hydrogen-bond acceptors (Lipinski definition) is 4. The first kappa shape index (κ1) is 16.2. The zero-order chi connectivity index (χ0) is 16.5. The molecule has 1 aliphatic carbocycles. The number of thiazole rings is 1. The Balaban J connectivity index is 1.32. The Labute approximate surface area is 154 Å². The van der Waals surface area contributed by atoms with Gasteiger partial charge in [0.25, 0.3) is 5.91 Å². The maximum absolute atomic E-state index is 12.6. The van der Waals surface area contributed by atoms with Crippen molar-refractivity contribution in [1.82, 2.24) is 14.8 Å². The van der Waals surface area contributed by atoms with Crippen molar-refractivity contribution < 1.29 is 4.79 Å². The van der Waals surface area contributed by atoms with Gasteiger partial charge in [-0.1, -0.05) is 12.1 Å². The van der Waals surface area contributed by atoms with Gasteiger partial charge in [-0.05, 0) is 40.9 Å². The largest absolute Gasteiger partial charge is 0.336 e. The van der Waals surface area contributed by atoms with Gasteiger partial charge in [-0.2, -0.15) is 0 Å². The molecule has 4 nitrogen and oxygen atoms in total. The lowest BCUT2D eigenvalue weighted by molar-refractivity contribution is 0.0627. The standard InChI is InChI=1S/C18H20BrN3OS/c19-15-4-2-1-3-14(15)18(23)22-9-7-21(8-10-22)11-17-20-16(12-24-17)13-5-6-13/h1-4,12-13H,5-11H2. The average molecular weight is 406 g/mol. The van der Waals surface area contributed by atoms with Crippen molar-refractivity contribution in [2.24, 2.45) is 0 Å². The maximum Gasteiger partial charge on any atom is 0.255 e. The Morgan fingerprint density at radius 1 is 1.21 bits per heavy atom. The van der Waals surface area contributed by atoms with E-state index in [1.807, 2.05) is 29.2 Å². The first-order valence-electron chi connectivity index (χ1n) is 8.41. The molecule has 2 fully saturated rings. The highest BCUT2D eigenvalue weighted by atomic mass is 79.9. The third kappa shape index (κ3) is 3.55. The molecular weight excluding hydrogens is 386 g/mol. The molecule has 0 N–H and O–H groups in total. The van der Waals surface area contributed by atoms with E-state index in [0.717, 1.165) is 48.7 Å². The van der Waals surface area contributed by atoms with Gasteiger partial charge in [-0.3, -0.25) is 9.69 Å². The minimum atomic E-state index is 0.118. The van der Waals surface area contributed by atoms with Crippen molar-refractivity contribution in [1.29, 1.82) is 0 Å². The Hall–Kier alpha value is -1.24. The van der Waals surface area contributed by atoms with Gasteiger partial charge in [0.2, 0.25) is 0 Å². The van der Waals surface area contributed by atoms with Crippen molar-refractivity contribution in [2.75, 3.05) is 26.2 Å². The van der Waals surface area contributed by atoms with Crippen molar-refractivity contribution in [3.05, 3.63) is 50.4 Å². The van der Waals surface area contributed by atoms with Crippen LogP contribution >= 0.6 is 27.3 Å². The Bertz CT molecular complexity index is 735. The summed E-state index contributed by atoms with van der Waals surface area (Å²) in [6.45, 7) is 4.29. The molecule has 1 saturated carbocycles. The molecule has 0 atom stereocenters. The van der Waals surface area contributed by atoms with Crippen LogP contribution < -0.4 is 0 Å².